The summed E-state index contributed by atoms with van der Waals surface area (Å²) in [5.74, 6) is 0.280. The van der Waals surface area contributed by atoms with Crippen LogP contribution in [0.3, 0.4) is 0 Å². The van der Waals surface area contributed by atoms with Crippen LogP contribution in [0.4, 0.5) is 4.39 Å². The molecule has 1 aromatic heterocycles. The molecule has 1 unspecified atom stereocenters. The second-order valence-electron chi connectivity index (χ2n) is 7.06. The van der Waals surface area contributed by atoms with Gasteiger partial charge in [-0.1, -0.05) is 12.1 Å². The number of nitrogens with one attached hydrogen (secondary N) is 2. The van der Waals surface area contributed by atoms with E-state index in [0.29, 0.717) is 25.5 Å². The summed E-state index contributed by atoms with van der Waals surface area (Å²) in [7, 11) is 1.61. The van der Waals surface area contributed by atoms with Crippen LogP contribution in [0.1, 0.15) is 22.1 Å². The fourth-order valence-corrected chi connectivity index (χ4v) is 3.67. The van der Waals surface area contributed by atoms with Gasteiger partial charge in [0.05, 0.1) is 26.4 Å². The predicted octanol–water partition coefficient (Wildman–Crippen LogP) is 3.12. The number of amides is 1. The molecule has 0 saturated carbocycles. The Kier molecular flexibility index (Phi) is 5.78. The minimum Gasteiger partial charge on any atom is -0.497 e. The summed E-state index contributed by atoms with van der Waals surface area (Å²) >= 11 is 0. The van der Waals surface area contributed by atoms with Gasteiger partial charge in [-0.2, -0.15) is 0 Å². The highest BCUT2D eigenvalue weighted by molar-refractivity contribution is 5.98. The van der Waals surface area contributed by atoms with Crippen molar-refractivity contribution in [3.63, 3.8) is 0 Å². The number of benzene rings is 2. The van der Waals surface area contributed by atoms with Crippen molar-refractivity contribution in [1.82, 2.24) is 15.2 Å². The number of fused-ring (bicyclic) bond motifs is 1. The van der Waals surface area contributed by atoms with Crippen molar-refractivity contribution in [2.45, 2.75) is 6.04 Å². The van der Waals surface area contributed by atoms with Crippen molar-refractivity contribution in [2.24, 2.45) is 0 Å². The molecule has 152 valence electrons. The van der Waals surface area contributed by atoms with E-state index in [1.54, 1.807) is 19.2 Å². The standard InChI is InChI=1S/C22H24FN3O3/c1-28-18-7-4-16-12-20(25-19(16)13-18)22(27)24-14-21(26-8-10-29-11-9-26)15-2-5-17(23)6-3-15/h2-7,12-13,21,25H,8-11,14H2,1H3,(H,24,27). The van der Waals surface area contributed by atoms with E-state index in [9.17, 15) is 9.18 Å². The van der Waals surface area contributed by atoms with Crippen LogP contribution in [0.2, 0.25) is 0 Å². The molecule has 4 rings (SSSR count). The van der Waals surface area contributed by atoms with Gasteiger partial charge in [0.1, 0.15) is 17.3 Å². The highest BCUT2D eigenvalue weighted by atomic mass is 19.1. The van der Waals surface area contributed by atoms with Crippen molar-refractivity contribution >= 4 is 16.8 Å². The first-order valence-electron chi connectivity index (χ1n) is 9.66. The van der Waals surface area contributed by atoms with Crippen LogP contribution in [0.25, 0.3) is 10.9 Å². The molecule has 29 heavy (non-hydrogen) atoms. The molecule has 2 N–H and O–H groups in total. The quantitative estimate of drug-likeness (QED) is 0.671. The van der Waals surface area contributed by atoms with Gasteiger partial charge in [0.25, 0.3) is 5.91 Å². The van der Waals surface area contributed by atoms with Crippen molar-refractivity contribution in [2.75, 3.05) is 40.0 Å². The van der Waals surface area contributed by atoms with Crippen molar-refractivity contribution in [3.05, 3.63) is 65.6 Å². The summed E-state index contributed by atoms with van der Waals surface area (Å²) in [5.41, 5.74) is 2.31. The van der Waals surface area contributed by atoms with Crippen LogP contribution < -0.4 is 10.1 Å². The second kappa shape index (κ2) is 8.63. The molecule has 1 fully saturated rings. The van der Waals surface area contributed by atoms with E-state index in [1.165, 1.54) is 12.1 Å². The number of morpholine rings is 1. The molecule has 1 atom stereocenters. The summed E-state index contributed by atoms with van der Waals surface area (Å²) in [6.45, 7) is 3.25. The van der Waals surface area contributed by atoms with Gasteiger partial charge in [0.15, 0.2) is 0 Å². The molecule has 0 radical (unpaired) electrons. The van der Waals surface area contributed by atoms with Gasteiger partial charge in [-0.05, 0) is 35.9 Å². The average Bonchev–Trinajstić information content (AvgIpc) is 3.19. The van der Waals surface area contributed by atoms with Gasteiger partial charge in [-0.15, -0.1) is 0 Å². The molecule has 2 heterocycles. The number of methoxy groups -OCH3 is 1. The van der Waals surface area contributed by atoms with E-state index in [2.05, 4.69) is 15.2 Å². The first-order chi connectivity index (χ1) is 14.1. The third-order valence-corrected chi connectivity index (χ3v) is 5.27. The Morgan fingerprint density at radius 1 is 1.21 bits per heavy atom. The Bertz CT molecular complexity index is 981. The van der Waals surface area contributed by atoms with Crippen LogP contribution in [-0.4, -0.2) is 55.7 Å². The summed E-state index contributed by atoms with van der Waals surface area (Å²) in [6, 6.07) is 13.9. The summed E-state index contributed by atoms with van der Waals surface area (Å²) in [5, 5.41) is 3.97. The molecule has 6 nitrogen and oxygen atoms in total. The predicted molar refractivity (Wildman–Crippen MR) is 109 cm³/mol. The molecular formula is C22H24FN3O3. The van der Waals surface area contributed by atoms with Gasteiger partial charge in [0, 0.05) is 36.6 Å². The molecule has 1 aliphatic heterocycles. The number of hydrogen-bond acceptors (Lipinski definition) is 4. The number of aromatic nitrogens is 1. The zero-order valence-electron chi connectivity index (χ0n) is 16.3. The number of rotatable bonds is 6. The van der Waals surface area contributed by atoms with E-state index < -0.39 is 0 Å². The number of hydrogen-bond donors (Lipinski definition) is 2. The summed E-state index contributed by atoms with van der Waals surface area (Å²) < 4.78 is 24.0. The average molecular weight is 397 g/mol. The van der Waals surface area contributed by atoms with Crippen LogP contribution in [-0.2, 0) is 4.74 Å². The van der Waals surface area contributed by atoms with Crippen molar-refractivity contribution < 1.29 is 18.7 Å². The molecule has 0 spiro atoms. The molecule has 1 amide bonds. The van der Waals surface area contributed by atoms with Crippen LogP contribution in [0, 0.1) is 5.82 Å². The molecular weight excluding hydrogens is 373 g/mol. The summed E-state index contributed by atoms with van der Waals surface area (Å²) in [4.78, 5) is 18.2. The fourth-order valence-electron chi connectivity index (χ4n) is 3.67. The molecule has 1 saturated heterocycles. The zero-order valence-corrected chi connectivity index (χ0v) is 16.3. The SMILES string of the molecule is COc1ccc2cc(C(=O)NCC(c3ccc(F)cc3)N3CCOCC3)[nH]c2c1. The molecule has 2 aromatic carbocycles. The Balaban J connectivity index is 1.50. The first kappa shape index (κ1) is 19.4. The number of H-pyrrole nitrogens is 1. The van der Waals surface area contributed by atoms with E-state index in [-0.39, 0.29) is 17.8 Å². The van der Waals surface area contributed by atoms with Crippen molar-refractivity contribution in [1.29, 1.82) is 0 Å². The zero-order chi connectivity index (χ0) is 20.2. The van der Waals surface area contributed by atoms with Gasteiger partial charge in [0.2, 0.25) is 0 Å². The van der Waals surface area contributed by atoms with E-state index in [1.807, 2.05) is 24.3 Å². The maximum absolute atomic E-state index is 13.4. The normalized spacial score (nSPS) is 15.9. The van der Waals surface area contributed by atoms with E-state index in [0.717, 1.165) is 35.3 Å². The Labute approximate surface area is 168 Å². The van der Waals surface area contributed by atoms with E-state index in [4.69, 9.17) is 9.47 Å². The highest BCUT2D eigenvalue weighted by Crippen LogP contribution is 2.23. The second-order valence-corrected chi connectivity index (χ2v) is 7.06. The van der Waals surface area contributed by atoms with E-state index >= 15 is 0 Å². The topological polar surface area (TPSA) is 66.6 Å². The molecule has 3 aromatic rings. The third kappa shape index (κ3) is 4.41. The van der Waals surface area contributed by atoms with Gasteiger partial charge in [-0.3, -0.25) is 9.69 Å². The number of carbonyl (C=O) groups excluding carboxylic acids is 1. The van der Waals surface area contributed by atoms with Crippen LogP contribution >= 0.6 is 0 Å². The minimum absolute atomic E-state index is 0.0482. The number of aromatic amines is 1. The lowest BCUT2D eigenvalue weighted by atomic mass is 10.0. The molecule has 0 aliphatic carbocycles. The highest BCUT2D eigenvalue weighted by Gasteiger charge is 2.23. The van der Waals surface area contributed by atoms with Crippen LogP contribution in [0.5, 0.6) is 5.75 Å². The lowest BCUT2D eigenvalue weighted by molar-refractivity contribution is 0.0162. The molecule has 0 bridgehead atoms. The number of ether oxygens (including phenoxy) is 2. The lowest BCUT2D eigenvalue weighted by Gasteiger charge is -2.34. The largest absolute Gasteiger partial charge is 0.497 e. The Morgan fingerprint density at radius 3 is 2.69 bits per heavy atom. The van der Waals surface area contributed by atoms with Crippen molar-refractivity contribution in [3.8, 4) is 5.75 Å². The lowest BCUT2D eigenvalue weighted by Crippen LogP contribution is -2.43. The number of carbonyl (C=O) groups is 1. The molecule has 7 heteroatoms. The van der Waals surface area contributed by atoms with Crippen LogP contribution in [0.15, 0.2) is 48.5 Å². The maximum atomic E-state index is 13.4. The number of halogens is 1. The Morgan fingerprint density at radius 2 is 1.97 bits per heavy atom. The smallest absolute Gasteiger partial charge is 0.267 e. The Hall–Kier alpha value is -2.90. The third-order valence-electron chi connectivity index (χ3n) is 5.27. The summed E-state index contributed by atoms with van der Waals surface area (Å²) in [6.07, 6.45) is 0. The van der Waals surface area contributed by atoms with Gasteiger partial charge < -0.3 is 19.8 Å². The number of nitrogens with zero attached hydrogens (tertiary/aromatic N) is 1. The maximum Gasteiger partial charge on any atom is 0.267 e. The fraction of sp³-hybridized carbons (Fsp3) is 0.318. The first-order valence-corrected chi connectivity index (χ1v) is 9.66. The van der Waals surface area contributed by atoms with Gasteiger partial charge >= 0.3 is 0 Å². The minimum atomic E-state index is -0.271. The van der Waals surface area contributed by atoms with Gasteiger partial charge in [-0.25, -0.2) is 4.39 Å². The molecule has 1 aliphatic rings. The monoisotopic (exact) mass is 397 g/mol.